The van der Waals surface area contributed by atoms with Gasteiger partial charge in [0.25, 0.3) is 11.6 Å². The summed E-state index contributed by atoms with van der Waals surface area (Å²) >= 11 is 0. The number of carbonyl (C=O) groups excluding carboxylic acids is 2. The van der Waals surface area contributed by atoms with Crippen LogP contribution in [0.5, 0.6) is 0 Å². The number of nitrogens with one attached hydrogen (secondary N) is 2. The predicted molar refractivity (Wildman–Crippen MR) is 116 cm³/mol. The maximum absolute atomic E-state index is 12.8. The number of rotatable bonds is 5. The summed E-state index contributed by atoms with van der Waals surface area (Å²) in [5, 5.41) is 17.1. The average Bonchev–Trinajstić information content (AvgIpc) is 2.70. The Hall–Kier alpha value is -3.46. The third-order valence-electron chi connectivity index (χ3n) is 5.17. The molecule has 158 valence electrons. The fourth-order valence-corrected chi connectivity index (χ4v) is 3.42. The van der Waals surface area contributed by atoms with Crippen molar-refractivity contribution in [3.05, 3.63) is 57.6 Å². The Balaban J connectivity index is 1.84. The molecule has 0 aromatic heterocycles. The summed E-state index contributed by atoms with van der Waals surface area (Å²) in [6.07, 6.45) is 0. The van der Waals surface area contributed by atoms with Gasteiger partial charge in [-0.3, -0.25) is 19.7 Å². The summed E-state index contributed by atoms with van der Waals surface area (Å²) in [6, 6.07) is 9.72. The van der Waals surface area contributed by atoms with Crippen LogP contribution in [0.2, 0.25) is 0 Å². The topological polar surface area (TPSA) is 108 Å². The van der Waals surface area contributed by atoms with E-state index < -0.39 is 10.8 Å². The Morgan fingerprint density at radius 2 is 1.67 bits per heavy atom. The second-order valence-electron chi connectivity index (χ2n) is 7.36. The minimum atomic E-state index is -0.453. The lowest BCUT2D eigenvalue weighted by Crippen LogP contribution is -2.44. The van der Waals surface area contributed by atoms with Gasteiger partial charge >= 0.3 is 0 Å². The van der Waals surface area contributed by atoms with Gasteiger partial charge in [-0.1, -0.05) is 6.07 Å². The molecule has 3 rings (SSSR count). The molecule has 1 aliphatic heterocycles. The van der Waals surface area contributed by atoms with Crippen LogP contribution in [0.1, 0.15) is 22.8 Å². The van der Waals surface area contributed by atoms with E-state index in [4.69, 9.17) is 0 Å². The number of amides is 2. The van der Waals surface area contributed by atoms with Crippen molar-refractivity contribution in [3.8, 4) is 0 Å². The maximum Gasteiger partial charge on any atom is 0.293 e. The van der Waals surface area contributed by atoms with Gasteiger partial charge in [-0.2, -0.15) is 0 Å². The Bertz CT molecular complexity index is 983. The summed E-state index contributed by atoms with van der Waals surface area (Å²) in [6.45, 7) is 6.22. The highest BCUT2D eigenvalue weighted by molar-refractivity contribution is 6.06. The second-order valence-corrected chi connectivity index (χ2v) is 7.36. The molecule has 1 heterocycles. The number of piperazine rings is 1. The molecule has 0 radical (unpaired) electrons. The van der Waals surface area contributed by atoms with Crippen LogP contribution in [0.15, 0.2) is 36.4 Å². The van der Waals surface area contributed by atoms with E-state index in [9.17, 15) is 19.7 Å². The van der Waals surface area contributed by atoms with Gasteiger partial charge in [0.05, 0.1) is 4.92 Å². The molecule has 9 nitrogen and oxygen atoms in total. The van der Waals surface area contributed by atoms with Crippen LogP contribution in [0, 0.1) is 17.0 Å². The van der Waals surface area contributed by atoms with Gasteiger partial charge in [0.1, 0.15) is 5.69 Å². The van der Waals surface area contributed by atoms with Gasteiger partial charge in [-0.05, 0) is 43.8 Å². The van der Waals surface area contributed by atoms with Gasteiger partial charge < -0.3 is 20.4 Å². The van der Waals surface area contributed by atoms with Crippen molar-refractivity contribution in [1.82, 2.24) is 4.90 Å². The first kappa shape index (κ1) is 21.3. The first-order valence-corrected chi connectivity index (χ1v) is 9.66. The number of hydrogen-bond donors (Lipinski definition) is 2. The summed E-state index contributed by atoms with van der Waals surface area (Å²) in [7, 11) is 2.02. The van der Waals surface area contributed by atoms with E-state index in [-0.39, 0.29) is 17.2 Å². The van der Waals surface area contributed by atoms with Crippen molar-refractivity contribution in [2.24, 2.45) is 0 Å². The van der Waals surface area contributed by atoms with Gasteiger partial charge in [-0.25, -0.2) is 0 Å². The van der Waals surface area contributed by atoms with Crippen molar-refractivity contribution in [2.75, 3.05) is 48.8 Å². The number of nitro groups is 1. The van der Waals surface area contributed by atoms with Crippen LogP contribution in [0.25, 0.3) is 0 Å². The molecule has 0 spiro atoms. The Morgan fingerprint density at radius 3 is 2.27 bits per heavy atom. The van der Waals surface area contributed by atoms with Crippen LogP contribution in [-0.4, -0.2) is 54.9 Å². The number of nitrogens with zero attached hydrogens (tertiary/aromatic N) is 3. The molecular formula is C21H25N5O4. The van der Waals surface area contributed by atoms with Gasteiger partial charge in [0.15, 0.2) is 0 Å². The first-order chi connectivity index (χ1) is 14.3. The van der Waals surface area contributed by atoms with Crippen LogP contribution in [0.4, 0.5) is 22.7 Å². The molecule has 1 fully saturated rings. The largest absolute Gasteiger partial charge is 0.363 e. The zero-order valence-electron chi connectivity index (χ0n) is 17.3. The molecule has 0 atom stereocenters. The van der Waals surface area contributed by atoms with Crippen molar-refractivity contribution >= 4 is 34.6 Å². The SMILES string of the molecule is CC(=O)Nc1cccc(NC(=O)c2ccc(N3CCN(C)CC3)c([N+](=O)[O-])c2)c1C. The lowest BCUT2D eigenvalue weighted by molar-refractivity contribution is -0.384. The highest BCUT2D eigenvalue weighted by atomic mass is 16.6. The predicted octanol–water partition coefficient (Wildman–Crippen LogP) is 2.87. The van der Waals surface area contributed by atoms with Crippen LogP contribution >= 0.6 is 0 Å². The minimum absolute atomic E-state index is 0.0871. The van der Waals surface area contributed by atoms with E-state index >= 15 is 0 Å². The summed E-state index contributed by atoms with van der Waals surface area (Å²) in [4.78, 5) is 39.4. The normalized spacial score (nSPS) is 14.3. The number of hydrogen-bond acceptors (Lipinski definition) is 6. The third kappa shape index (κ3) is 4.74. The highest BCUT2D eigenvalue weighted by Gasteiger charge is 2.24. The minimum Gasteiger partial charge on any atom is -0.363 e. The van der Waals surface area contributed by atoms with Gasteiger partial charge in [0, 0.05) is 56.1 Å². The van der Waals surface area contributed by atoms with Crippen LogP contribution in [0.3, 0.4) is 0 Å². The summed E-state index contributed by atoms with van der Waals surface area (Å²) in [5.74, 6) is -0.664. The van der Waals surface area contributed by atoms with Crippen LogP contribution in [-0.2, 0) is 4.79 Å². The van der Waals surface area contributed by atoms with Crippen molar-refractivity contribution < 1.29 is 14.5 Å². The first-order valence-electron chi connectivity index (χ1n) is 9.66. The third-order valence-corrected chi connectivity index (χ3v) is 5.17. The van der Waals surface area contributed by atoms with Crippen molar-refractivity contribution in [3.63, 3.8) is 0 Å². The standard InChI is InChI=1S/C21H25N5O4/c1-14-17(22-15(2)27)5-4-6-18(14)23-21(28)16-7-8-19(20(13-16)26(29)30)25-11-9-24(3)10-12-25/h4-8,13H,9-12H2,1-3H3,(H,22,27)(H,23,28). The number of anilines is 3. The van der Waals surface area contributed by atoms with Crippen LogP contribution < -0.4 is 15.5 Å². The molecule has 2 aromatic rings. The maximum atomic E-state index is 12.8. The van der Waals surface area contributed by atoms with E-state index in [0.29, 0.717) is 35.7 Å². The Kier molecular flexibility index (Phi) is 6.31. The number of benzene rings is 2. The van der Waals surface area contributed by atoms with E-state index in [1.807, 2.05) is 11.9 Å². The van der Waals surface area contributed by atoms with Crippen molar-refractivity contribution in [1.29, 1.82) is 0 Å². The molecule has 9 heteroatoms. The molecule has 0 aliphatic carbocycles. The zero-order chi connectivity index (χ0) is 21.8. The molecule has 30 heavy (non-hydrogen) atoms. The molecular weight excluding hydrogens is 386 g/mol. The Labute approximate surface area is 174 Å². The molecule has 0 unspecified atom stereocenters. The van der Waals surface area contributed by atoms with Gasteiger partial charge in [-0.15, -0.1) is 0 Å². The van der Waals surface area contributed by atoms with E-state index in [1.165, 1.54) is 13.0 Å². The second kappa shape index (κ2) is 8.91. The molecule has 0 bridgehead atoms. The molecule has 2 N–H and O–H groups in total. The average molecular weight is 411 g/mol. The molecule has 1 saturated heterocycles. The summed E-state index contributed by atoms with van der Waals surface area (Å²) in [5.41, 5.74) is 2.45. The molecule has 0 saturated carbocycles. The van der Waals surface area contributed by atoms with Gasteiger partial charge in [0.2, 0.25) is 5.91 Å². The highest BCUT2D eigenvalue weighted by Crippen LogP contribution is 2.31. The number of carbonyl (C=O) groups is 2. The molecule has 2 amide bonds. The van der Waals surface area contributed by atoms with E-state index in [2.05, 4.69) is 15.5 Å². The quantitative estimate of drug-likeness (QED) is 0.579. The lowest BCUT2D eigenvalue weighted by atomic mass is 10.1. The number of likely N-dealkylation sites (N-methyl/N-ethyl adjacent to an activating group) is 1. The smallest absolute Gasteiger partial charge is 0.293 e. The summed E-state index contributed by atoms with van der Waals surface area (Å²) < 4.78 is 0. The van der Waals surface area contributed by atoms with E-state index in [1.54, 1.807) is 37.3 Å². The zero-order valence-corrected chi connectivity index (χ0v) is 17.3. The fourth-order valence-electron chi connectivity index (χ4n) is 3.42. The Morgan fingerprint density at radius 1 is 1.03 bits per heavy atom. The lowest BCUT2D eigenvalue weighted by Gasteiger charge is -2.33. The van der Waals surface area contributed by atoms with E-state index in [0.717, 1.165) is 13.1 Å². The molecule has 1 aliphatic rings. The monoisotopic (exact) mass is 411 g/mol. The fraction of sp³-hybridized carbons (Fsp3) is 0.333. The van der Waals surface area contributed by atoms with Crippen molar-refractivity contribution in [2.45, 2.75) is 13.8 Å². The number of nitro benzene ring substituents is 1. The molecule has 2 aromatic carbocycles.